The minimum Gasteiger partial charge on any atom is -0.545 e. The Bertz CT molecular complexity index is 361. The molecule has 0 aliphatic rings. The van der Waals surface area contributed by atoms with Gasteiger partial charge in [0, 0.05) is 0 Å². The van der Waals surface area contributed by atoms with E-state index in [1.54, 1.807) is 0 Å². The van der Waals surface area contributed by atoms with Gasteiger partial charge in [-0.2, -0.15) is 0 Å². The molecule has 0 spiro atoms. The van der Waals surface area contributed by atoms with Crippen LogP contribution in [0.5, 0.6) is 0 Å². The van der Waals surface area contributed by atoms with Crippen LogP contribution in [0.4, 0.5) is 13.2 Å². The van der Waals surface area contributed by atoms with Crippen LogP contribution in [0.1, 0.15) is 20.7 Å². The molecule has 0 aliphatic heterocycles. The van der Waals surface area contributed by atoms with E-state index in [4.69, 9.17) is 0 Å². The standard InChI is InChI=1S/C8H6O4.CF3.Zn/c9-7(10)5-1-2-6(4-3-5)8(11)12;2-1(3)4;/h1-4H,(H,9,10)(H,11,12);;/q;;+2/p-2. The molecule has 0 saturated carbocycles. The van der Waals surface area contributed by atoms with Gasteiger partial charge >= 0.3 is 36.2 Å². The normalized spacial score (nSPS) is 10.2. The number of halogens is 3. The smallest absolute Gasteiger partial charge is 0.0715 e. The summed E-state index contributed by atoms with van der Waals surface area (Å²) in [5.41, 5.74) is -0.111. The van der Waals surface area contributed by atoms with Gasteiger partial charge in [-0.25, -0.2) is 0 Å². The van der Waals surface area contributed by atoms with Crippen molar-refractivity contribution in [1.29, 1.82) is 0 Å². The maximum Gasteiger partial charge on any atom is 0.0715 e. The Kier molecular flexibility index (Phi) is 5.81. The molecule has 0 aliphatic carbocycles. The molecular formula is C9H4F3O4Zn. The summed E-state index contributed by atoms with van der Waals surface area (Å²) < 4.78 is 27.4. The van der Waals surface area contributed by atoms with Gasteiger partial charge in [0.1, 0.15) is 0 Å². The first-order valence-corrected chi connectivity index (χ1v) is 5.54. The van der Waals surface area contributed by atoms with Crippen molar-refractivity contribution in [2.45, 2.75) is 4.77 Å². The van der Waals surface area contributed by atoms with Crippen molar-refractivity contribution < 1.29 is 51.3 Å². The van der Waals surface area contributed by atoms with Gasteiger partial charge in [-0.1, -0.05) is 24.3 Å². The van der Waals surface area contributed by atoms with Crippen LogP contribution in [0, 0.1) is 0 Å². The molecule has 0 amide bonds. The number of carboxylic acids is 2. The molecular weight excluding hydrogens is 294 g/mol. The second-order valence-corrected chi connectivity index (χ2v) is 4.45. The van der Waals surface area contributed by atoms with Crippen LogP contribution in [0.2, 0.25) is 0 Å². The third-order valence-corrected chi connectivity index (χ3v) is 1.36. The van der Waals surface area contributed by atoms with E-state index in [2.05, 4.69) is 0 Å². The van der Waals surface area contributed by atoms with E-state index in [1.165, 1.54) is 0 Å². The van der Waals surface area contributed by atoms with Crippen LogP contribution < -0.4 is 10.2 Å². The molecule has 8 heteroatoms. The largest absolute Gasteiger partial charge is 0.545 e. The Morgan fingerprint density at radius 1 is 0.941 bits per heavy atom. The van der Waals surface area contributed by atoms with Crippen LogP contribution in [-0.4, -0.2) is 16.7 Å². The van der Waals surface area contributed by atoms with Gasteiger partial charge in [0.2, 0.25) is 0 Å². The van der Waals surface area contributed by atoms with E-state index < -0.39 is 35.0 Å². The number of aromatic carboxylic acids is 2. The average Bonchev–Trinajstić information content (AvgIpc) is 2.15. The average molecular weight is 299 g/mol. The van der Waals surface area contributed by atoms with Crippen LogP contribution in [0.15, 0.2) is 24.3 Å². The maximum atomic E-state index is 10.4. The third kappa shape index (κ3) is 8.39. The first-order valence-electron chi connectivity index (χ1n) is 4.06. The minimum atomic E-state index is -3.88. The maximum absolute atomic E-state index is 10.4. The summed E-state index contributed by atoms with van der Waals surface area (Å²) >= 11 is -0.604. The number of carboxylic acid groups (broad SMARTS) is 2. The van der Waals surface area contributed by atoms with Crippen LogP contribution >= 0.6 is 0 Å². The molecule has 0 unspecified atom stereocenters. The topological polar surface area (TPSA) is 80.3 Å². The number of hydrogen-bond donors (Lipinski definition) is 0. The van der Waals surface area contributed by atoms with Gasteiger partial charge in [-0.05, 0) is 11.1 Å². The van der Waals surface area contributed by atoms with Gasteiger partial charge in [-0.15, -0.1) is 0 Å². The quantitative estimate of drug-likeness (QED) is 0.687. The molecule has 0 N–H and O–H groups in total. The van der Waals surface area contributed by atoms with Crippen molar-refractivity contribution in [1.82, 2.24) is 0 Å². The molecule has 0 atom stereocenters. The molecule has 0 bridgehead atoms. The van der Waals surface area contributed by atoms with Gasteiger partial charge in [-0.3, -0.25) is 0 Å². The van der Waals surface area contributed by atoms with E-state index in [0.29, 0.717) is 0 Å². The zero-order chi connectivity index (χ0) is 13.6. The molecule has 0 saturated heterocycles. The Morgan fingerprint density at radius 3 is 1.24 bits per heavy atom. The van der Waals surface area contributed by atoms with Gasteiger partial charge < -0.3 is 19.8 Å². The van der Waals surface area contributed by atoms with E-state index in [-0.39, 0.29) is 11.1 Å². The van der Waals surface area contributed by atoms with Crippen molar-refractivity contribution >= 4 is 11.9 Å². The summed E-state index contributed by atoms with van der Waals surface area (Å²) in [6, 6.07) is 4.61. The molecule has 17 heavy (non-hydrogen) atoms. The minimum absolute atomic E-state index is 0.0556. The first-order chi connectivity index (χ1) is 7.61. The molecule has 1 aromatic rings. The number of hydrogen-bond acceptors (Lipinski definition) is 4. The predicted molar refractivity (Wildman–Crippen MR) is 41.2 cm³/mol. The Morgan fingerprint density at radius 2 is 1.12 bits per heavy atom. The van der Waals surface area contributed by atoms with Crippen molar-refractivity contribution in [3.63, 3.8) is 0 Å². The number of benzene rings is 1. The van der Waals surface area contributed by atoms with E-state index >= 15 is 0 Å². The molecule has 0 aromatic heterocycles. The Hall–Kier alpha value is -1.43. The summed E-state index contributed by atoms with van der Waals surface area (Å²) in [6.45, 7) is 0. The van der Waals surface area contributed by atoms with Crippen molar-refractivity contribution in [3.8, 4) is 0 Å². The van der Waals surface area contributed by atoms with Crippen molar-refractivity contribution in [2.24, 2.45) is 0 Å². The number of carbonyl (C=O) groups excluding carboxylic acids is 2. The second kappa shape index (κ2) is 6.34. The van der Waals surface area contributed by atoms with Gasteiger partial charge in [0.15, 0.2) is 0 Å². The fraction of sp³-hybridized carbons (Fsp3) is 0.111. The Balaban J connectivity index is 0.000000437. The molecule has 0 heterocycles. The van der Waals surface area contributed by atoms with E-state index in [1.807, 2.05) is 0 Å². The van der Waals surface area contributed by atoms with Crippen molar-refractivity contribution in [3.05, 3.63) is 35.4 Å². The zero-order valence-corrected chi connectivity index (χ0v) is 11.3. The summed E-state index contributed by atoms with van der Waals surface area (Å²) in [5, 5.41) is 20.4. The fourth-order valence-electron chi connectivity index (χ4n) is 0.742. The van der Waals surface area contributed by atoms with E-state index in [9.17, 15) is 33.0 Å². The predicted octanol–water partition coefficient (Wildman–Crippen LogP) is -0.533. The number of carbonyl (C=O) groups is 2. The van der Waals surface area contributed by atoms with E-state index in [0.717, 1.165) is 24.3 Å². The molecule has 0 radical (unpaired) electrons. The van der Waals surface area contributed by atoms with Crippen LogP contribution in [0.25, 0.3) is 0 Å². The number of alkyl halides is 3. The third-order valence-electron chi connectivity index (χ3n) is 1.36. The number of rotatable bonds is 2. The van der Waals surface area contributed by atoms with Crippen molar-refractivity contribution in [2.75, 3.05) is 0 Å². The fourth-order valence-corrected chi connectivity index (χ4v) is 0.742. The second-order valence-electron chi connectivity index (χ2n) is 2.77. The summed E-state index contributed by atoms with van der Waals surface area (Å²) in [6.07, 6.45) is 0. The summed E-state index contributed by atoms with van der Waals surface area (Å²) in [7, 11) is 0. The molecule has 1 aromatic carbocycles. The molecule has 0 fully saturated rings. The van der Waals surface area contributed by atoms with Crippen LogP contribution in [-0.2, 0) is 18.3 Å². The monoisotopic (exact) mass is 297 g/mol. The van der Waals surface area contributed by atoms with Gasteiger partial charge in [0.25, 0.3) is 0 Å². The van der Waals surface area contributed by atoms with Gasteiger partial charge in [0.05, 0.1) is 11.9 Å². The van der Waals surface area contributed by atoms with Crippen LogP contribution in [0.3, 0.4) is 0 Å². The Labute approximate surface area is 104 Å². The first kappa shape index (κ1) is 15.6. The summed E-state index contributed by atoms with van der Waals surface area (Å²) in [4.78, 5) is 20.4. The summed E-state index contributed by atoms with van der Waals surface area (Å²) in [5.74, 6) is -2.67. The molecule has 87 valence electrons. The zero-order valence-electron chi connectivity index (χ0n) is 8.28. The molecule has 4 nitrogen and oxygen atoms in total. The molecule has 1 rings (SSSR count). The SMILES string of the molecule is F[C](F)(F)[Zn+2].O=C([O-])c1ccc(C(=O)[O-])cc1.